The van der Waals surface area contributed by atoms with Crippen LogP contribution in [0, 0.1) is 6.92 Å². The Labute approximate surface area is 130 Å². The van der Waals surface area contributed by atoms with E-state index in [0.717, 1.165) is 25.2 Å². The largest absolute Gasteiger partial charge is 0.309 e. The summed E-state index contributed by atoms with van der Waals surface area (Å²) in [6, 6.07) is 11.0. The number of hydrogen-bond acceptors (Lipinski definition) is 2. The van der Waals surface area contributed by atoms with Gasteiger partial charge in [-0.2, -0.15) is 0 Å². The zero-order chi connectivity index (χ0) is 15.2. The molecule has 1 aliphatic heterocycles. The normalized spacial score (nSPS) is 24.4. The van der Waals surface area contributed by atoms with Crippen molar-refractivity contribution in [1.29, 1.82) is 0 Å². The van der Waals surface area contributed by atoms with E-state index in [0.29, 0.717) is 6.04 Å². The zero-order valence-electron chi connectivity index (χ0n) is 14.2. The Bertz CT molecular complexity index is 412. The second kappa shape index (κ2) is 7.95. The molecule has 1 fully saturated rings. The van der Waals surface area contributed by atoms with Gasteiger partial charge in [0, 0.05) is 24.7 Å². The van der Waals surface area contributed by atoms with E-state index in [4.69, 9.17) is 0 Å². The highest BCUT2D eigenvalue weighted by atomic mass is 15.2. The molecule has 2 nitrogen and oxygen atoms in total. The average Bonchev–Trinajstić information content (AvgIpc) is 2.85. The maximum Gasteiger partial charge on any atom is 0.0449 e. The lowest BCUT2D eigenvalue weighted by Gasteiger charge is -2.32. The van der Waals surface area contributed by atoms with Crippen LogP contribution in [-0.4, -0.2) is 30.1 Å². The predicted octanol–water partition coefficient (Wildman–Crippen LogP) is 4.30. The molecule has 1 aromatic rings. The van der Waals surface area contributed by atoms with E-state index >= 15 is 0 Å². The minimum absolute atomic E-state index is 0.458. The van der Waals surface area contributed by atoms with Crippen LogP contribution in [-0.2, 0) is 0 Å². The van der Waals surface area contributed by atoms with Crippen LogP contribution >= 0.6 is 0 Å². The van der Waals surface area contributed by atoms with Gasteiger partial charge in [-0.3, -0.25) is 4.90 Å². The maximum atomic E-state index is 3.76. The number of nitrogens with one attached hydrogen (secondary N) is 1. The smallest absolute Gasteiger partial charge is 0.0449 e. The number of likely N-dealkylation sites (tertiary alicyclic amines) is 1. The second-order valence-corrected chi connectivity index (χ2v) is 6.60. The molecule has 1 heterocycles. The zero-order valence-corrected chi connectivity index (χ0v) is 14.2. The minimum atomic E-state index is 0.458. The molecule has 0 aliphatic carbocycles. The van der Waals surface area contributed by atoms with E-state index in [1.165, 1.54) is 36.8 Å². The number of rotatable bonds is 7. The molecule has 0 saturated carbocycles. The molecule has 3 unspecified atom stereocenters. The van der Waals surface area contributed by atoms with Crippen LogP contribution in [0.3, 0.4) is 0 Å². The third kappa shape index (κ3) is 4.31. The van der Waals surface area contributed by atoms with E-state index in [9.17, 15) is 0 Å². The van der Waals surface area contributed by atoms with E-state index in [1.54, 1.807) is 0 Å². The Morgan fingerprint density at radius 2 is 1.90 bits per heavy atom. The Balaban J connectivity index is 2.10. The molecule has 3 atom stereocenters. The van der Waals surface area contributed by atoms with Gasteiger partial charge >= 0.3 is 0 Å². The van der Waals surface area contributed by atoms with Gasteiger partial charge in [0.15, 0.2) is 0 Å². The van der Waals surface area contributed by atoms with E-state index in [1.807, 2.05) is 0 Å². The van der Waals surface area contributed by atoms with Crippen LogP contribution in [0.5, 0.6) is 0 Å². The SMILES string of the molecule is CCCNC(CN1C(C)CCC1CC)c1ccc(C)cc1. The molecule has 0 bridgehead atoms. The van der Waals surface area contributed by atoms with Crippen molar-refractivity contribution in [3.63, 3.8) is 0 Å². The molecule has 1 saturated heterocycles. The molecule has 21 heavy (non-hydrogen) atoms. The van der Waals surface area contributed by atoms with Crippen LogP contribution < -0.4 is 5.32 Å². The number of aryl methyl sites for hydroxylation is 1. The fourth-order valence-corrected chi connectivity index (χ4v) is 3.51. The summed E-state index contributed by atoms with van der Waals surface area (Å²) >= 11 is 0. The fourth-order valence-electron chi connectivity index (χ4n) is 3.51. The molecule has 2 heteroatoms. The topological polar surface area (TPSA) is 15.3 Å². The van der Waals surface area contributed by atoms with Gasteiger partial charge in [0.1, 0.15) is 0 Å². The third-order valence-electron chi connectivity index (χ3n) is 4.94. The molecule has 0 aromatic heterocycles. The summed E-state index contributed by atoms with van der Waals surface area (Å²) in [4.78, 5) is 2.73. The van der Waals surface area contributed by atoms with Gasteiger partial charge in [-0.15, -0.1) is 0 Å². The highest BCUT2D eigenvalue weighted by molar-refractivity contribution is 5.24. The van der Waals surface area contributed by atoms with E-state index in [2.05, 4.69) is 62.2 Å². The Morgan fingerprint density at radius 3 is 2.52 bits per heavy atom. The van der Waals surface area contributed by atoms with Crippen LogP contribution in [0.4, 0.5) is 0 Å². The fraction of sp³-hybridized carbons (Fsp3) is 0.684. The first-order valence-electron chi connectivity index (χ1n) is 8.71. The Hall–Kier alpha value is -0.860. The highest BCUT2D eigenvalue weighted by Crippen LogP contribution is 2.28. The molecular formula is C19H32N2. The molecule has 118 valence electrons. The Kier molecular flexibility index (Phi) is 6.25. The van der Waals surface area contributed by atoms with Gasteiger partial charge in [-0.1, -0.05) is 43.7 Å². The summed E-state index contributed by atoms with van der Waals surface area (Å²) in [5, 5.41) is 3.76. The van der Waals surface area contributed by atoms with Crippen molar-refractivity contribution < 1.29 is 0 Å². The van der Waals surface area contributed by atoms with Gasteiger partial charge in [-0.25, -0.2) is 0 Å². The third-order valence-corrected chi connectivity index (χ3v) is 4.94. The van der Waals surface area contributed by atoms with Gasteiger partial charge in [-0.05, 0) is 51.6 Å². The maximum absolute atomic E-state index is 3.76. The van der Waals surface area contributed by atoms with Gasteiger partial charge < -0.3 is 5.32 Å². The molecule has 2 rings (SSSR count). The van der Waals surface area contributed by atoms with Gasteiger partial charge in [0.2, 0.25) is 0 Å². The molecule has 0 radical (unpaired) electrons. The lowest BCUT2D eigenvalue weighted by Crippen LogP contribution is -2.41. The van der Waals surface area contributed by atoms with Crippen LogP contribution in [0.15, 0.2) is 24.3 Å². The number of hydrogen-bond donors (Lipinski definition) is 1. The molecule has 1 aliphatic rings. The quantitative estimate of drug-likeness (QED) is 0.805. The number of nitrogens with zero attached hydrogens (tertiary/aromatic N) is 1. The van der Waals surface area contributed by atoms with Crippen molar-refractivity contribution in [3.05, 3.63) is 35.4 Å². The first-order chi connectivity index (χ1) is 10.2. The van der Waals surface area contributed by atoms with Crippen molar-refractivity contribution in [2.45, 2.75) is 71.5 Å². The molecular weight excluding hydrogens is 256 g/mol. The predicted molar refractivity (Wildman–Crippen MR) is 91.7 cm³/mol. The van der Waals surface area contributed by atoms with Crippen LogP contribution in [0.1, 0.15) is 63.6 Å². The van der Waals surface area contributed by atoms with Gasteiger partial charge in [0.25, 0.3) is 0 Å². The van der Waals surface area contributed by atoms with E-state index < -0.39 is 0 Å². The van der Waals surface area contributed by atoms with Gasteiger partial charge in [0.05, 0.1) is 0 Å². The standard InChI is InChI=1S/C19H32N2/c1-5-13-20-19(17-10-7-15(3)8-11-17)14-21-16(4)9-12-18(21)6-2/h7-8,10-11,16,18-20H,5-6,9,12-14H2,1-4H3. The number of benzene rings is 1. The second-order valence-electron chi connectivity index (χ2n) is 6.60. The molecule has 0 spiro atoms. The lowest BCUT2D eigenvalue weighted by molar-refractivity contribution is 0.176. The van der Waals surface area contributed by atoms with Crippen molar-refractivity contribution in [3.8, 4) is 0 Å². The summed E-state index contributed by atoms with van der Waals surface area (Å²) in [5.41, 5.74) is 2.77. The van der Waals surface area contributed by atoms with Crippen molar-refractivity contribution in [1.82, 2.24) is 10.2 Å². The minimum Gasteiger partial charge on any atom is -0.309 e. The molecule has 0 amide bonds. The van der Waals surface area contributed by atoms with Crippen molar-refractivity contribution >= 4 is 0 Å². The van der Waals surface area contributed by atoms with Crippen LogP contribution in [0.25, 0.3) is 0 Å². The summed E-state index contributed by atoms with van der Waals surface area (Å²) in [6.07, 6.45) is 5.19. The lowest BCUT2D eigenvalue weighted by atomic mass is 10.0. The summed E-state index contributed by atoms with van der Waals surface area (Å²) in [7, 11) is 0. The highest BCUT2D eigenvalue weighted by Gasteiger charge is 2.31. The average molecular weight is 288 g/mol. The summed E-state index contributed by atoms with van der Waals surface area (Å²) in [6.45, 7) is 11.4. The molecule has 1 N–H and O–H groups in total. The Morgan fingerprint density at radius 1 is 1.19 bits per heavy atom. The van der Waals surface area contributed by atoms with Crippen molar-refractivity contribution in [2.75, 3.05) is 13.1 Å². The first kappa shape index (κ1) is 16.5. The monoisotopic (exact) mass is 288 g/mol. The van der Waals surface area contributed by atoms with Crippen molar-refractivity contribution in [2.24, 2.45) is 0 Å². The first-order valence-corrected chi connectivity index (χ1v) is 8.71. The van der Waals surface area contributed by atoms with Crippen LogP contribution in [0.2, 0.25) is 0 Å². The summed E-state index contributed by atoms with van der Waals surface area (Å²) < 4.78 is 0. The summed E-state index contributed by atoms with van der Waals surface area (Å²) in [5.74, 6) is 0. The van der Waals surface area contributed by atoms with E-state index in [-0.39, 0.29) is 0 Å². The molecule has 1 aromatic carbocycles.